The molecule has 0 amide bonds. The Morgan fingerprint density at radius 2 is 0.823 bits per heavy atom. The first kappa shape index (κ1) is 50.2. The highest BCUT2D eigenvalue weighted by molar-refractivity contribution is 5.85. The summed E-state index contributed by atoms with van der Waals surface area (Å²) in [6.45, 7) is 17.9. The van der Waals surface area contributed by atoms with Gasteiger partial charge in [0.15, 0.2) is 17.5 Å². The van der Waals surface area contributed by atoms with Crippen molar-refractivity contribution in [3.05, 3.63) is 241 Å². The molecule has 0 aliphatic carbocycles. The zero-order chi connectivity index (χ0) is 54.1. The molecule has 0 unspecified atom stereocenters. The van der Waals surface area contributed by atoms with E-state index < -0.39 is 0 Å². The van der Waals surface area contributed by atoms with Crippen LogP contribution in [-0.2, 0) is 6.54 Å². The third-order valence-electron chi connectivity index (χ3n) is 14.9. The number of hydrogen-bond donors (Lipinski definition) is 0. The molecule has 0 saturated carbocycles. The minimum absolute atomic E-state index is 0.385. The van der Waals surface area contributed by atoms with Gasteiger partial charge in [-0.1, -0.05) is 139 Å². The van der Waals surface area contributed by atoms with Crippen molar-refractivity contribution in [2.24, 2.45) is 4.99 Å². The van der Waals surface area contributed by atoms with Gasteiger partial charge in [0.2, 0.25) is 0 Å². The Labute approximate surface area is 462 Å². The van der Waals surface area contributed by atoms with Crippen molar-refractivity contribution >= 4 is 45.8 Å². The van der Waals surface area contributed by atoms with Crippen LogP contribution in [0.1, 0.15) is 81.5 Å². The van der Waals surface area contributed by atoms with Crippen LogP contribution in [0.15, 0.2) is 223 Å². The molecule has 0 saturated heterocycles. The minimum Gasteiger partial charge on any atom is -0.335 e. The van der Waals surface area contributed by atoms with Gasteiger partial charge in [-0.05, 0) is 168 Å². The topological polar surface area (TPSA) is 89.9 Å². The van der Waals surface area contributed by atoms with Crippen molar-refractivity contribution in [3.63, 3.8) is 0 Å². The van der Waals surface area contributed by atoms with Crippen LogP contribution in [0.4, 0.5) is 17.1 Å². The van der Waals surface area contributed by atoms with Crippen molar-refractivity contribution in [2.75, 3.05) is 4.90 Å². The molecule has 9 heteroatoms. The van der Waals surface area contributed by atoms with Gasteiger partial charge in [0.25, 0.3) is 0 Å². The summed E-state index contributed by atoms with van der Waals surface area (Å²) in [7, 11) is 0. The molecule has 0 radical (unpaired) electrons. The van der Waals surface area contributed by atoms with Crippen LogP contribution in [0, 0.1) is 0 Å². The van der Waals surface area contributed by atoms with E-state index in [9.17, 15) is 0 Å². The molecule has 9 nitrogen and oxygen atoms in total. The lowest BCUT2D eigenvalue weighted by Gasteiger charge is -2.27. The van der Waals surface area contributed by atoms with E-state index in [4.69, 9.17) is 24.9 Å². The highest BCUT2D eigenvalue weighted by Gasteiger charge is 2.21. The Morgan fingerprint density at radius 3 is 1.29 bits per heavy atom. The van der Waals surface area contributed by atoms with Crippen LogP contribution in [-0.4, -0.2) is 40.8 Å². The van der Waals surface area contributed by atoms with Crippen molar-refractivity contribution in [3.8, 4) is 68.3 Å². The van der Waals surface area contributed by atoms with E-state index >= 15 is 0 Å². The van der Waals surface area contributed by atoms with Gasteiger partial charge in [-0.15, -0.1) is 0 Å². The number of nitrogens with zero attached hydrogens (tertiary/aromatic N) is 9. The summed E-state index contributed by atoms with van der Waals surface area (Å²) >= 11 is 0. The Morgan fingerprint density at radius 1 is 0.405 bits per heavy atom. The maximum absolute atomic E-state index is 5.25. The van der Waals surface area contributed by atoms with E-state index in [0.29, 0.717) is 41.8 Å². The molecular formula is C70H61N9. The van der Waals surface area contributed by atoms with Crippen LogP contribution in [0.25, 0.3) is 90.4 Å². The lowest BCUT2D eigenvalue weighted by Crippen LogP contribution is -2.17. The average molecular weight is 1030 g/mol. The SMILES string of the molecule is C=Nc1ccccc1N(Cc1cccc(C(C)C)c1)c1ccc(-c2nc(-c3ccc(-n4c(-c5cccc(C(C)C)c5)nc5ccccc54)cc3)nc(-c3ccc(-n4c(-c5cccc(C(C)C)c5)nc5ccccc54)cc3)n2)cc1. The molecule has 3 aromatic heterocycles. The predicted octanol–water partition coefficient (Wildman–Crippen LogP) is 17.9. The monoisotopic (exact) mass is 1030 g/mol. The fourth-order valence-corrected chi connectivity index (χ4v) is 10.5. The molecule has 9 aromatic carbocycles. The third kappa shape index (κ3) is 10.0. The number of hydrogen-bond acceptors (Lipinski definition) is 7. The van der Waals surface area contributed by atoms with E-state index in [1.54, 1.807) is 0 Å². The van der Waals surface area contributed by atoms with Crippen LogP contribution < -0.4 is 4.90 Å². The highest BCUT2D eigenvalue weighted by Crippen LogP contribution is 2.38. The summed E-state index contributed by atoms with van der Waals surface area (Å²) < 4.78 is 4.49. The quantitative estimate of drug-likeness (QED) is 0.0951. The number of aromatic nitrogens is 7. The van der Waals surface area contributed by atoms with Gasteiger partial charge in [-0.25, -0.2) is 24.9 Å². The number of anilines is 2. The average Bonchev–Trinajstić information content (AvgIpc) is 4.16. The Balaban J connectivity index is 0.960. The number of imidazole rings is 2. The van der Waals surface area contributed by atoms with E-state index in [0.717, 1.165) is 90.0 Å². The fourth-order valence-electron chi connectivity index (χ4n) is 10.5. The van der Waals surface area contributed by atoms with Crippen molar-refractivity contribution in [1.29, 1.82) is 0 Å². The molecule has 3 heterocycles. The highest BCUT2D eigenvalue weighted by atomic mass is 15.1. The van der Waals surface area contributed by atoms with E-state index in [1.165, 1.54) is 22.3 Å². The second-order valence-electron chi connectivity index (χ2n) is 21.2. The molecule has 386 valence electrons. The molecule has 12 rings (SSSR count). The second-order valence-corrected chi connectivity index (χ2v) is 21.2. The smallest absolute Gasteiger partial charge is 0.164 e. The number of benzene rings is 9. The Kier molecular flexibility index (Phi) is 13.6. The Hall–Kier alpha value is -9.60. The maximum atomic E-state index is 5.25. The number of aliphatic imine (C=N–C) groups is 1. The predicted molar refractivity (Wildman–Crippen MR) is 326 cm³/mol. The molecule has 0 N–H and O–H groups in total. The van der Waals surface area contributed by atoms with Crippen LogP contribution >= 0.6 is 0 Å². The van der Waals surface area contributed by atoms with Crippen molar-refractivity contribution < 1.29 is 0 Å². The molecule has 79 heavy (non-hydrogen) atoms. The molecule has 0 aliphatic heterocycles. The van der Waals surface area contributed by atoms with Gasteiger partial charge >= 0.3 is 0 Å². The normalized spacial score (nSPS) is 11.6. The summed E-state index contributed by atoms with van der Waals surface area (Å²) in [5.74, 6) is 4.64. The first-order valence-corrected chi connectivity index (χ1v) is 27.2. The first-order chi connectivity index (χ1) is 38.6. The molecule has 0 fully saturated rings. The van der Waals surface area contributed by atoms with Gasteiger partial charge in [0.1, 0.15) is 11.6 Å². The summed E-state index contributed by atoms with van der Waals surface area (Å²) in [4.78, 5) is 32.9. The zero-order valence-corrected chi connectivity index (χ0v) is 45.5. The molecular weight excluding hydrogens is 967 g/mol. The Bertz CT molecular complexity index is 3970. The largest absolute Gasteiger partial charge is 0.335 e. The molecule has 12 aromatic rings. The summed E-state index contributed by atoms with van der Waals surface area (Å²) in [6.07, 6.45) is 0. The lowest BCUT2D eigenvalue weighted by atomic mass is 10.0. The van der Waals surface area contributed by atoms with Crippen molar-refractivity contribution in [2.45, 2.75) is 65.8 Å². The van der Waals surface area contributed by atoms with Gasteiger partial charge in [-0.3, -0.25) is 14.1 Å². The zero-order valence-electron chi connectivity index (χ0n) is 45.5. The number of rotatable bonds is 15. The maximum Gasteiger partial charge on any atom is 0.164 e. The molecule has 0 bridgehead atoms. The van der Waals surface area contributed by atoms with E-state index in [2.05, 4.69) is 255 Å². The summed E-state index contributed by atoms with van der Waals surface area (Å²) in [5, 5.41) is 0. The standard InChI is InChI=1S/C70H61N9/c1-45(2)52-18-14-17-48(41-52)44-77(63-26-11-8-23-60(63)71-7)57-35-29-49(30-36-57)66-74-67(50-31-37-58(38-32-50)78-64-27-12-9-24-61(64)72-69(78)55-21-15-19-53(42-55)46(3)4)76-68(75-66)51-33-39-59(40-34-51)79-65-28-13-10-25-62(65)73-70(79)56-22-16-20-54(43-56)47(5)6/h8-43,45-47H,7,44H2,1-6H3. The van der Waals surface area contributed by atoms with Crippen LogP contribution in [0.2, 0.25) is 0 Å². The van der Waals surface area contributed by atoms with E-state index in [1.807, 2.05) is 30.3 Å². The van der Waals surface area contributed by atoms with Gasteiger partial charge in [0, 0.05) is 51.4 Å². The van der Waals surface area contributed by atoms with E-state index in [-0.39, 0.29) is 0 Å². The fraction of sp³-hybridized carbons (Fsp3) is 0.143. The number of para-hydroxylation sites is 6. The minimum atomic E-state index is 0.385. The second kappa shape index (κ2) is 21.4. The van der Waals surface area contributed by atoms with Crippen LogP contribution in [0.5, 0.6) is 0 Å². The van der Waals surface area contributed by atoms with Crippen LogP contribution in [0.3, 0.4) is 0 Å². The summed E-state index contributed by atoms with van der Waals surface area (Å²) in [5.41, 5.74) is 18.4. The lowest BCUT2D eigenvalue weighted by molar-refractivity contribution is 0.859. The van der Waals surface area contributed by atoms with Gasteiger partial charge < -0.3 is 4.90 Å². The summed E-state index contributed by atoms with van der Waals surface area (Å²) in [6, 6.07) is 76.5. The van der Waals surface area contributed by atoms with Gasteiger partial charge in [-0.2, -0.15) is 0 Å². The first-order valence-electron chi connectivity index (χ1n) is 27.2. The van der Waals surface area contributed by atoms with Crippen molar-refractivity contribution in [1.82, 2.24) is 34.1 Å². The third-order valence-corrected chi connectivity index (χ3v) is 14.9. The van der Waals surface area contributed by atoms with Gasteiger partial charge in [0.05, 0.1) is 33.4 Å². The molecule has 0 aliphatic rings. The molecule has 0 atom stereocenters. The number of fused-ring (bicyclic) bond motifs is 2. The molecule has 0 spiro atoms.